The minimum absolute atomic E-state index is 0.0367. The van der Waals surface area contributed by atoms with Crippen LogP contribution in [0.1, 0.15) is 12.0 Å². The lowest BCUT2D eigenvalue weighted by Crippen LogP contribution is -2.18. The third kappa shape index (κ3) is 6.26. The summed E-state index contributed by atoms with van der Waals surface area (Å²) >= 11 is 3.37. The summed E-state index contributed by atoms with van der Waals surface area (Å²) in [5.74, 6) is 0.700. The third-order valence-electron chi connectivity index (χ3n) is 2.10. The molecule has 2 nitrogen and oxygen atoms in total. The fraction of sp³-hybridized carbons (Fsp3) is 0.500. The van der Waals surface area contributed by atoms with Gasteiger partial charge in [-0.2, -0.15) is 13.2 Å². The standard InChI is InChI=1S/C12H14BrF3O2/c1-9-7-10(3-4-11(9)13)18-6-2-5-17-8-12(14,15)16/h3-4,7H,2,5-6,8H2,1H3. The molecule has 0 heterocycles. The first-order valence-corrected chi connectivity index (χ1v) is 6.21. The number of hydrogen-bond donors (Lipinski definition) is 0. The Morgan fingerprint density at radius 2 is 1.94 bits per heavy atom. The van der Waals surface area contributed by atoms with Crippen LogP contribution in [0.4, 0.5) is 13.2 Å². The van der Waals surface area contributed by atoms with Crippen molar-refractivity contribution in [3.8, 4) is 5.75 Å². The van der Waals surface area contributed by atoms with Crippen LogP contribution in [-0.2, 0) is 4.74 Å². The fourth-order valence-corrected chi connectivity index (χ4v) is 1.49. The number of aryl methyl sites for hydroxylation is 1. The van der Waals surface area contributed by atoms with Crippen LogP contribution in [0.5, 0.6) is 5.75 Å². The van der Waals surface area contributed by atoms with E-state index in [4.69, 9.17) is 4.74 Å². The summed E-state index contributed by atoms with van der Waals surface area (Å²) in [5, 5.41) is 0. The van der Waals surface area contributed by atoms with Gasteiger partial charge in [0, 0.05) is 10.9 Å². The molecule has 0 saturated heterocycles. The maximum absolute atomic E-state index is 11.8. The van der Waals surface area contributed by atoms with Crippen LogP contribution in [-0.4, -0.2) is 26.0 Å². The van der Waals surface area contributed by atoms with Gasteiger partial charge < -0.3 is 9.47 Å². The largest absolute Gasteiger partial charge is 0.493 e. The van der Waals surface area contributed by atoms with E-state index >= 15 is 0 Å². The minimum Gasteiger partial charge on any atom is -0.493 e. The van der Waals surface area contributed by atoms with Gasteiger partial charge in [0.2, 0.25) is 0 Å². The highest BCUT2D eigenvalue weighted by Crippen LogP contribution is 2.21. The molecule has 18 heavy (non-hydrogen) atoms. The first-order chi connectivity index (χ1) is 8.38. The van der Waals surface area contributed by atoms with Crippen molar-refractivity contribution in [1.82, 2.24) is 0 Å². The number of ether oxygens (including phenoxy) is 2. The van der Waals surface area contributed by atoms with Crippen LogP contribution < -0.4 is 4.74 Å². The van der Waals surface area contributed by atoms with E-state index in [1.807, 2.05) is 19.1 Å². The van der Waals surface area contributed by atoms with E-state index in [1.165, 1.54) is 0 Å². The van der Waals surface area contributed by atoms with Crippen LogP contribution in [0, 0.1) is 6.92 Å². The maximum Gasteiger partial charge on any atom is 0.411 e. The predicted octanol–water partition coefficient (Wildman–Crippen LogP) is 4.11. The molecule has 0 amide bonds. The zero-order valence-electron chi connectivity index (χ0n) is 9.89. The molecule has 0 spiro atoms. The van der Waals surface area contributed by atoms with Crippen molar-refractivity contribution in [1.29, 1.82) is 0 Å². The van der Waals surface area contributed by atoms with Gasteiger partial charge in [-0.05, 0) is 30.7 Å². The molecule has 1 rings (SSSR count). The molecule has 0 aliphatic heterocycles. The van der Waals surface area contributed by atoms with Gasteiger partial charge in [0.1, 0.15) is 12.4 Å². The van der Waals surface area contributed by atoms with Crippen molar-refractivity contribution >= 4 is 15.9 Å². The summed E-state index contributed by atoms with van der Waals surface area (Å²) in [5.41, 5.74) is 1.04. The van der Waals surface area contributed by atoms with Crippen LogP contribution in [0.2, 0.25) is 0 Å². The van der Waals surface area contributed by atoms with Crippen molar-refractivity contribution in [3.63, 3.8) is 0 Å². The summed E-state index contributed by atoms with van der Waals surface area (Å²) in [6.07, 6.45) is -3.84. The van der Waals surface area contributed by atoms with Crippen LogP contribution in [0.25, 0.3) is 0 Å². The Morgan fingerprint density at radius 3 is 2.56 bits per heavy atom. The van der Waals surface area contributed by atoms with E-state index in [0.29, 0.717) is 18.8 Å². The molecule has 0 bridgehead atoms. The van der Waals surface area contributed by atoms with E-state index in [0.717, 1.165) is 10.0 Å². The molecule has 0 saturated carbocycles. The topological polar surface area (TPSA) is 18.5 Å². The zero-order chi connectivity index (χ0) is 13.6. The Bertz CT molecular complexity index is 380. The van der Waals surface area contributed by atoms with Gasteiger partial charge in [-0.15, -0.1) is 0 Å². The Hall–Kier alpha value is -0.750. The number of hydrogen-bond acceptors (Lipinski definition) is 2. The Balaban J connectivity index is 2.16. The van der Waals surface area contributed by atoms with Crippen LogP contribution in [0.15, 0.2) is 22.7 Å². The lowest BCUT2D eigenvalue weighted by atomic mass is 10.2. The lowest BCUT2D eigenvalue weighted by molar-refractivity contribution is -0.174. The van der Waals surface area contributed by atoms with Crippen molar-refractivity contribution < 1.29 is 22.6 Å². The van der Waals surface area contributed by atoms with E-state index < -0.39 is 12.8 Å². The minimum atomic E-state index is -4.26. The van der Waals surface area contributed by atoms with E-state index in [9.17, 15) is 13.2 Å². The van der Waals surface area contributed by atoms with Crippen molar-refractivity contribution in [2.75, 3.05) is 19.8 Å². The molecule has 0 aliphatic carbocycles. The number of benzene rings is 1. The second kappa shape index (κ2) is 6.99. The smallest absolute Gasteiger partial charge is 0.411 e. The molecule has 1 aromatic rings. The first-order valence-electron chi connectivity index (χ1n) is 5.42. The summed E-state index contributed by atoms with van der Waals surface area (Å²) in [6, 6.07) is 5.53. The Labute approximate surface area is 112 Å². The molecular formula is C12H14BrF3O2. The van der Waals surface area contributed by atoms with Gasteiger partial charge in [-0.1, -0.05) is 15.9 Å². The average Bonchev–Trinajstić information content (AvgIpc) is 2.26. The van der Waals surface area contributed by atoms with Gasteiger partial charge >= 0.3 is 6.18 Å². The molecule has 0 aromatic heterocycles. The van der Waals surface area contributed by atoms with Crippen molar-refractivity contribution in [3.05, 3.63) is 28.2 Å². The van der Waals surface area contributed by atoms with Gasteiger partial charge in [-0.3, -0.25) is 0 Å². The lowest BCUT2D eigenvalue weighted by Gasteiger charge is -2.09. The molecular weight excluding hydrogens is 313 g/mol. The molecule has 0 N–H and O–H groups in total. The van der Waals surface area contributed by atoms with Crippen molar-refractivity contribution in [2.24, 2.45) is 0 Å². The zero-order valence-corrected chi connectivity index (χ0v) is 11.5. The third-order valence-corrected chi connectivity index (χ3v) is 2.99. The predicted molar refractivity (Wildman–Crippen MR) is 65.9 cm³/mol. The highest BCUT2D eigenvalue weighted by molar-refractivity contribution is 9.10. The van der Waals surface area contributed by atoms with Gasteiger partial charge in [0.15, 0.2) is 0 Å². The molecule has 0 unspecified atom stereocenters. The van der Waals surface area contributed by atoms with Gasteiger partial charge in [0.25, 0.3) is 0 Å². The monoisotopic (exact) mass is 326 g/mol. The average molecular weight is 327 g/mol. The van der Waals surface area contributed by atoms with E-state index in [-0.39, 0.29) is 6.61 Å². The molecule has 0 aliphatic rings. The summed E-state index contributed by atoms with van der Waals surface area (Å²) < 4.78 is 46.1. The van der Waals surface area contributed by atoms with E-state index in [1.54, 1.807) is 6.07 Å². The van der Waals surface area contributed by atoms with Gasteiger partial charge in [-0.25, -0.2) is 0 Å². The van der Waals surface area contributed by atoms with E-state index in [2.05, 4.69) is 20.7 Å². The molecule has 0 fully saturated rings. The Morgan fingerprint density at radius 1 is 1.22 bits per heavy atom. The van der Waals surface area contributed by atoms with Crippen molar-refractivity contribution in [2.45, 2.75) is 19.5 Å². The molecule has 0 radical (unpaired) electrons. The van der Waals surface area contributed by atoms with Crippen LogP contribution in [0.3, 0.4) is 0 Å². The molecule has 102 valence electrons. The normalized spacial score (nSPS) is 11.6. The second-order valence-electron chi connectivity index (χ2n) is 3.78. The highest BCUT2D eigenvalue weighted by Gasteiger charge is 2.27. The summed E-state index contributed by atoms with van der Waals surface area (Å²) in [7, 11) is 0. The molecule has 6 heteroatoms. The number of alkyl halides is 3. The first kappa shape index (κ1) is 15.3. The maximum atomic E-state index is 11.8. The second-order valence-corrected chi connectivity index (χ2v) is 4.64. The Kier molecular flexibility index (Phi) is 5.95. The quantitative estimate of drug-likeness (QED) is 0.732. The summed E-state index contributed by atoms with van der Waals surface area (Å²) in [6.45, 7) is 1.10. The number of halogens is 4. The number of rotatable bonds is 6. The fourth-order valence-electron chi connectivity index (χ4n) is 1.25. The van der Waals surface area contributed by atoms with Crippen LogP contribution >= 0.6 is 15.9 Å². The SMILES string of the molecule is Cc1cc(OCCCOCC(F)(F)F)ccc1Br. The highest BCUT2D eigenvalue weighted by atomic mass is 79.9. The summed E-state index contributed by atoms with van der Waals surface area (Å²) in [4.78, 5) is 0. The molecule has 1 aromatic carbocycles. The van der Waals surface area contributed by atoms with Gasteiger partial charge in [0.05, 0.1) is 13.2 Å². The molecule has 0 atom stereocenters.